The van der Waals surface area contributed by atoms with E-state index in [1.54, 1.807) is 12.5 Å². The molecule has 2 N–H and O–H groups in total. The number of rotatable bonds is 2. The lowest BCUT2D eigenvalue weighted by atomic mass is 10.3. The van der Waals surface area contributed by atoms with E-state index in [2.05, 4.69) is 15.0 Å². The molecule has 18 heavy (non-hydrogen) atoms. The van der Waals surface area contributed by atoms with Crippen LogP contribution in [0.15, 0.2) is 41.9 Å². The molecule has 5 nitrogen and oxygen atoms in total. The van der Waals surface area contributed by atoms with Gasteiger partial charge in [0.1, 0.15) is 12.1 Å². The summed E-state index contributed by atoms with van der Waals surface area (Å²) in [5, 5.41) is 0.734. The molecule has 0 aliphatic carbocycles. The summed E-state index contributed by atoms with van der Waals surface area (Å²) in [7, 11) is 0. The summed E-state index contributed by atoms with van der Waals surface area (Å²) < 4.78 is 1.91. The summed E-state index contributed by atoms with van der Waals surface area (Å²) in [5.74, 6) is 0.794. The van der Waals surface area contributed by atoms with Crippen molar-refractivity contribution in [2.75, 3.05) is 12.0 Å². The van der Waals surface area contributed by atoms with Gasteiger partial charge in [-0.1, -0.05) is 11.8 Å². The first-order chi connectivity index (χ1) is 8.78. The highest BCUT2D eigenvalue weighted by Gasteiger charge is 2.06. The van der Waals surface area contributed by atoms with Gasteiger partial charge in [0, 0.05) is 11.9 Å². The van der Waals surface area contributed by atoms with Crippen LogP contribution in [0.5, 0.6) is 0 Å². The van der Waals surface area contributed by atoms with Gasteiger partial charge >= 0.3 is 0 Å². The molecule has 90 valence electrons. The zero-order chi connectivity index (χ0) is 12.5. The summed E-state index contributed by atoms with van der Waals surface area (Å²) in [6, 6.07) is 7.48. The Bertz CT molecular complexity index is 707. The molecule has 3 aromatic rings. The van der Waals surface area contributed by atoms with Crippen LogP contribution in [0.4, 0.5) is 5.69 Å². The first kappa shape index (κ1) is 11.0. The van der Waals surface area contributed by atoms with E-state index >= 15 is 0 Å². The van der Waals surface area contributed by atoms with Crippen LogP contribution >= 0.6 is 11.8 Å². The summed E-state index contributed by atoms with van der Waals surface area (Å²) in [5.41, 5.74) is 8.36. The molecule has 0 amide bonds. The van der Waals surface area contributed by atoms with Crippen molar-refractivity contribution < 1.29 is 0 Å². The second-order valence-corrected chi connectivity index (χ2v) is 4.54. The molecule has 0 aliphatic rings. The van der Waals surface area contributed by atoms with Crippen LogP contribution in [0.1, 0.15) is 0 Å². The molecule has 0 saturated heterocycles. The summed E-state index contributed by atoms with van der Waals surface area (Å²) in [4.78, 5) is 12.9. The number of anilines is 1. The average molecular weight is 257 g/mol. The van der Waals surface area contributed by atoms with Crippen LogP contribution < -0.4 is 5.73 Å². The second-order valence-electron chi connectivity index (χ2n) is 3.76. The quantitative estimate of drug-likeness (QED) is 0.432. The maximum absolute atomic E-state index is 5.81. The van der Waals surface area contributed by atoms with Gasteiger partial charge < -0.3 is 5.73 Å². The van der Waals surface area contributed by atoms with Gasteiger partial charge in [-0.25, -0.2) is 15.0 Å². The third kappa shape index (κ3) is 1.80. The van der Waals surface area contributed by atoms with Crippen LogP contribution in [0.25, 0.3) is 16.9 Å². The minimum atomic E-state index is 0.711. The Balaban J connectivity index is 2.21. The molecule has 0 aliphatic heterocycles. The van der Waals surface area contributed by atoms with Gasteiger partial charge in [-0.15, -0.1) is 0 Å². The normalized spacial score (nSPS) is 10.9. The fourth-order valence-electron chi connectivity index (χ4n) is 1.77. The topological polar surface area (TPSA) is 69.6 Å². The molecule has 2 heterocycles. The lowest BCUT2D eigenvalue weighted by Crippen LogP contribution is -1.98. The van der Waals surface area contributed by atoms with Gasteiger partial charge in [-0.2, -0.15) is 0 Å². The molecule has 0 saturated carbocycles. The minimum absolute atomic E-state index is 0.711. The van der Waals surface area contributed by atoms with E-state index in [-0.39, 0.29) is 0 Å². The lowest BCUT2D eigenvalue weighted by Gasteiger charge is -2.04. The summed E-state index contributed by atoms with van der Waals surface area (Å²) in [6.45, 7) is 0. The lowest BCUT2D eigenvalue weighted by molar-refractivity contribution is 0.902. The van der Waals surface area contributed by atoms with Gasteiger partial charge in [0.25, 0.3) is 0 Å². The first-order valence-corrected chi connectivity index (χ1v) is 6.60. The minimum Gasteiger partial charge on any atom is -0.399 e. The Hall–Kier alpha value is -2.08. The Kier molecular flexibility index (Phi) is 2.64. The molecule has 0 spiro atoms. The van der Waals surface area contributed by atoms with Crippen molar-refractivity contribution in [1.29, 1.82) is 0 Å². The van der Waals surface area contributed by atoms with E-state index < -0.39 is 0 Å². The molecular formula is C12H11N5S. The van der Waals surface area contributed by atoms with E-state index in [1.807, 2.05) is 35.1 Å². The summed E-state index contributed by atoms with van der Waals surface area (Å²) >= 11 is 1.51. The third-order valence-electron chi connectivity index (χ3n) is 2.62. The summed E-state index contributed by atoms with van der Waals surface area (Å²) in [6.07, 6.45) is 5.44. The SMILES string of the molecule is CSc1nccc(-n2cnc3ccc(N)cc32)n1. The van der Waals surface area contributed by atoms with E-state index in [9.17, 15) is 0 Å². The van der Waals surface area contributed by atoms with Crippen molar-refractivity contribution in [3.63, 3.8) is 0 Å². The maximum Gasteiger partial charge on any atom is 0.189 e. The fraction of sp³-hybridized carbons (Fsp3) is 0.0833. The number of imidazole rings is 1. The molecule has 1 aromatic carbocycles. The molecule has 0 bridgehead atoms. The van der Waals surface area contributed by atoms with Crippen LogP contribution in [0, 0.1) is 0 Å². The zero-order valence-corrected chi connectivity index (χ0v) is 10.6. The smallest absolute Gasteiger partial charge is 0.189 e. The molecule has 0 atom stereocenters. The highest BCUT2D eigenvalue weighted by atomic mass is 32.2. The van der Waals surface area contributed by atoms with Gasteiger partial charge in [0.05, 0.1) is 11.0 Å². The van der Waals surface area contributed by atoms with E-state index in [1.165, 1.54) is 11.8 Å². The van der Waals surface area contributed by atoms with Crippen molar-refractivity contribution >= 4 is 28.5 Å². The predicted octanol–water partition coefficient (Wildman–Crippen LogP) is 2.12. The maximum atomic E-state index is 5.81. The third-order valence-corrected chi connectivity index (χ3v) is 3.18. The number of nitrogens with zero attached hydrogens (tertiary/aromatic N) is 4. The van der Waals surface area contributed by atoms with Crippen molar-refractivity contribution in [2.24, 2.45) is 0 Å². The zero-order valence-electron chi connectivity index (χ0n) is 9.74. The van der Waals surface area contributed by atoms with Crippen LogP contribution in [-0.2, 0) is 0 Å². The number of fused-ring (bicyclic) bond motifs is 1. The number of aromatic nitrogens is 4. The Labute approximate surface area is 108 Å². The standard InChI is InChI=1S/C12H11N5S/c1-18-12-14-5-4-11(16-12)17-7-15-9-3-2-8(13)6-10(9)17/h2-7H,13H2,1H3. The Morgan fingerprint density at radius 2 is 2.11 bits per heavy atom. The van der Waals surface area contributed by atoms with Crippen LogP contribution in [-0.4, -0.2) is 25.8 Å². The van der Waals surface area contributed by atoms with E-state index in [0.717, 1.165) is 22.0 Å². The fourth-order valence-corrected chi connectivity index (χ4v) is 2.12. The molecular weight excluding hydrogens is 246 g/mol. The second kappa shape index (κ2) is 4.30. The largest absolute Gasteiger partial charge is 0.399 e. The van der Waals surface area contributed by atoms with Gasteiger partial charge in [0.2, 0.25) is 0 Å². The predicted molar refractivity (Wildman–Crippen MR) is 72.9 cm³/mol. The number of nitrogen functional groups attached to an aromatic ring is 1. The van der Waals surface area contributed by atoms with Crippen molar-refractivity contribution in [3.05, 3.63) is 36.8 Å². The number of thioether (sulfide) groups is 1. The van der Waals surface area contributed by atoms with E-state index in [4.69, 9.17) is 5.73 Å². The van der Waals surface area contributed by atoms with Gasteiger partial charge in [-0.3, -0.25) is 4.57 Å². The molecule has 3 rings (SSSR count). The van der Waals surface area contributed by atoms with E-state index in [0.29, 0.717) is 5.69 Å². The van der Waals surface area contributed by atoms with Gasteiger partial charge in [-0.05, 0) is 30.5 Å². The van der Waals surface area contributed by atoms with Gasteiger partial charge in [0.15, 0.2) is 5.16 Å². The van der Waals surface area contributed by atoms with Crippen molar-refractivity contribution in [2.45, 2.75) is 5.16 Å². The van der Waals surface area contributed by atoms with Crippen molar-refractivity contribution in [3.8, 4) is 5.82 Å². The van der Waals surface area contributed by atoms with Crippen LogP contribution in [0.3, 0.4) is 0 Å². The number of hydrogen-bond donors (Lipinski definition) is 1. The monoisotopic (exact) mass is 257 g/mol. The number of benzene rings is 1. The Morgan fingerprint density at radius 3 is 2.94 bits per heavy atom. The molecule has 0 unspecified atom stereocenters. The highest BCUT2D eigenvalue weighted by molar-refractivity contribution is 7.98. The molecule has 2 aromatic heterocycles. The highest BCUT2D eigenvalue weighted by Crippen LogP contribution is 2.20. The Morgan fingerprint density at radius 1 is 1.22 bits per heavy atom. The number of nitrogens with two attached hydrogens (primary N) is 1. The molecule has 6 heteroatoms. The first-order valence-electron chi connectivity index (χ1n) is 5.38. The molecule has 0 fully saturated rings. The average Bonchev–Trinajstić information content (AvgIpc) is 2.81. The van der Waals surface area contributed by atoms with Crippen molar-refractivity contribution in [1.82, 2.24) is 19.5 Å². The van der Waals surface area contributed by atoms with Crippen LogP contribution in [0.2, 0.25) is 0 Å². The number of hydrogen-bond acceptors (Lipinski definition) is 5. The molecule has 0 radical (unpaired) electrons.